The molecule has 0 atom stereocenters. The van der Waals surface area contributed by atoms with Gasteiger partial charge < -0.3 is 14.9 Å². The van der Waals surface area contributed by atoms with Crippen LogP contribution in [0.1, 0.15) is 0 Å². The van der Waals surface area contributed by atoms with E-state index in [9.17, 15) is 0 Å². The summed E-state index contributed by atoms with van der Waals surface area (Å²) in [5.41, 5.74) is 8.31. The first kappa shape index (κ1) is 15.8. The van der Waals surface area contributed by atoms with Crippen LogP contribution in [0, 0.1) is 0 Å². The van der Waals surface area contributed by atoms with Gasteiger partial charge in [-0.3, -0.25) is 0 Å². The molecule has 0 spiro atoms. The number of hydrogen-bond donors (Lipinski definition) is 1. The standard InChI is InChI=1S/C15H12Cl2N8/c1-24-5-9(20-14(24)16)8-4-3-7-11(18)22-13(23-12(7)19-8)10-6-25(2)15(17)21-10/h3-6H,1-2H3,(H2,18,19,22,23). The van der Waals surface area contributed by atoms with Gasteiger partial charge in [0.25, 0.3) is 0 Å². The fraction of sp³-hybridized carbons (Fsp3) is 0.133. The van der Waals surface area contributed by atoms with Crippen LogP contribution in [-0.2, 0) is 14.1 Å². The lowest BCUT2D eigenvalue weighted by atomic mass is 10.2. The second-order valence-corrected chi connectivity index (χ2v) is 6.19. The molecule has 4 heterocycles. The van der Waals surface area contributed by atoms with Crippen molar-refractivity contribution in [2.75, 3.05) is 5.73 Å². The molecule has 126 valence electrons. The van der Waals surface area contributed by atoms with Crippen molar-refractivity contribution in [1.82, 2.24) is 34.1 Å². The third-order valence-corrected chi connectivity index (χ3v) is 4.42. The Labute approximate surface area is 152 Å². The first-order valence-electron chi connectivity index (χ1n) is 7.25. The number of imidazole rings is 2. The number of nitrogens with zero attached hydrogens (tertiary/aromatic N) is 7. The molecule has 0 aliphatic rings. The molecule has 0 saturated carbocycles. The lowest BCUT2D eigenvalue weighted by Gasteiger charge is -2.04. The zero-order chi connectivity index (χ0) is 17.7. The highest BCUT2D eigenvalue weighted by molar-refractivity contribution is 6.28. The lowest BCUT2D eigenvalue weighted by Crippen LogP contribution is -2.00. The van der Waals surface area contributed by atoms with E-state index in [1.54, 1.807) is 34.6 Å². The van der Waals surface area contributed by atoms with Gasteiger partial charge in [-0.25, -0.2) is 24.9 Å². The Bertz CT molecular complexity index is 1070. The number of nitrogens with two attached hydrogens (primary N) is 1. The second-order valence-electron chi connectivity index (χ2n) is 5.51. The summed E-state index contributed by atoms with van der Waals surface area (Å²) >= 11 is 12.0. The molecule has 8 nitrogen and oxygen atoms in total. The molecule has 4 aromatic heterocycles. The highest BCUT2D eigenvalue weighted by Crippen LogP contribution is 2.26. The number of hydrogen-bond acceptors (Lipinski definition) is 6. The molecule has 0 unspecified atom stereocenters. The Balaban J connectivity index is 1.88. The van der Waals surface area contributed by atoms with Crippen LogP contribution < -0.4 is 5.73 Å². The van der Waals surface area contributed by atoms with E-state index >= 15 is 0 Å². The largest absolute Gasteiger partial charge is 0.383 e. The maximum atomic E-state index is 6.06. The molecule has 4 rings (SSSR count). The Morgan fingerprint density at radius 1 is 0.800 bits per heavy atom. The van der Waals surface area contributed by atoms with Crippen LogP contribution in [0.4, 0.5) is 5.82 Å². The Morgan fingerprint density at radius 2 is 1.44 bits per heavy atom. The third kappa shape index (κ3) is 2.69. The van der Waals surface area contributed by atoms with E-state index in [-0.39, 0.29) is 0 Å². The van der Waals surface area contributed by atoms with Gasteiger partial charge in [-0.15, -0.1) is 0 Å². The SMILES string of the molecule is Cn1cc(-c2ccc3c(N)nc(-c4cn(C)c(Cl)n4)nc3n2)nc1Cl. The molecule has 4 aromatic rings. The van der Waals surface area contributed by atoms with Crippen molar-refractivity contribution in [3.05, 3.63) is 35.1 Å². The highest BCUT2D eigenvalue weighted by atomic mass is 35.5. The average Bonchev–Trinajstić information content (AvgIpc) is 3.09. The summed E-state index contributed by atoms with van der Waals surface area (Å²) in [5.74, 6) is 0.677. The lowest BCUT2D eigenvalue weighted by molar-refractivity contribution is 0.914. The summed E-state index contributed by atoms with van der Waals surface area (Å²) in [6.45, 7) is 0. The number of pyridine rings is 1. The fourth-order valence-corrected chi connectivity index (χ4v) is 2.69. The van der Waals surface area contributed by atoms with E-state index in [4.69, 9.17) is 28.9 Å². The van der Waals surface area contributed by atoms with Crippen LogP contribution in [-0.4, -0.2) is 34.1 Å². The molecule has 0 fully saturated rings. The first-order chi connectivity index (χ1) is 11.9. The number of halogens is 2. The Hall–Kier alpha value is -2.71. The number of anilines is 1. The summed E-state index contributed by atoms with van der Waals surface area (Å²) in [6.07, 6.45) is 3.52. The highest BCUT2D eigenvalue weighted by Gasteiger charge is 2.14. The van der Waals surface area contributed by atoms with E-state index in [0.717, 1.165) is 0 Å². The summed E-state index contributed by atoms with van der Waals surface area (Å²) in [5, 5.41) is 1.36. The normalized spacial score (nSPS) is 11.4. The summed E-state index contributed by atoms with van der Waals surface area (Å²) < 4.78 is 3.37. The van der Waals surface area contributed by atoms with Crippen molar-refractivity contribution in [2.45, 2.75) is 0 Å². The minimum Gasteiger partial charge on any atom is -0.383 e. The molecule has 0 amide bonds. The molecule has 0 aromatic carbocycles. The average molecular weight is 375 g/mol. The number of aryl methyl sites for hydroxylation is 2. The van der Waals surface area contributed by atoms with Gasteiger partial charge in [-0.2, -0.15) is 0 Å². The van der Waals surface area contributed by atoms with Gasteiger partial charge in [0.15, 0.2) is 11.5 Å². The summed E-state index contributed by atoms with van der Waals surface area (Å²) in [7, 11) is 3.59. The van der Waals surface area contributed by atoms with E-state index in [1.807, 2.05) is 13.1 Å². The van der Waals surface area contributed by atoms with Gasteiger partial charge in [-0.05, 0) is 35.3 Å². The first-order valence-corrected chi connectivity index (χ1v) is 8.00. The third-order valence-electron chi connectivity index (χ3n) is 3.72. The zero-order valence-electron chi connectivity index (χ0n) is 13.3. The van der Waals surface area contributed by atoms with Crippen LogP contribution >= 0.6 is 23.2 Å². The smallest absolute Gasteiger partial charge is 0.203 e. The minimum atomic E-state index is 0.319. The topological polar surface area (TPSA) is 100 Å². The van der Waals surface area contributed by atoms with Crippen molar-refractivity contribution in [1.29, 1.82) is 0 Å². The predicted octanol–water partition coefficient (Wildman–Crippen LogP) is 2.71. The van der Waals surface area contributed by atoms with E-state index in [0.29, 0.717) is 50.3 Å². The van der Waals surface area contributed by atoms with Crippen molar-refractivity contribution in [2.24, 2.45) is 14.1 Å². The van der Waals surface area contributed by atoms with E-state index in [1.165, 1.54) is 0 Å². The molecule has 0 bridgehead atoms. The Kier molecular flexibility index (Phi) is 3.59. The van der Waals surface area contributed by atoms with Gasteiger partial charge in [-0.1, -0.05) is 0 Å². The molecule has 0 saturated heterocycles. The zero-order valence-corrected chi connectivity index (χ0v) is 14.8. The summed E-state index contributed by atoms with van der Waals surface area (Å²) in [4.78, 5) is 21.8. The molecular weight excluding hydrogens is 363 g/mol. The van der Waals surface area contributed by atoms with Crippen LogP contribution in [0.25, 0.3) is 33.9 Å². The molecule has 2 N–H and O–H groups in total. The van der Waals surface area contributed by atoms with Crippen molar-refractivity contribution >= 4 is 40.1 Å². The Morgan fingerprint density at radius 3 is 2.04 bits per heavy atom. The fourth-order valence-electron chi connectivity index (χ4n) is 2.41. The van der Waals surface area contributed by atoms with Crippen LogP contribution in [0.2, 0.25) is 10.6 Å². The molecule has 25 heavy (non-hydrogen) atoms. The number of fused-ring (bicyclic) bond motifs is 1. The maximum absolute atomic E-state index is 6.06. The van der Waals surface area contributed by atoms with Gasteiger partial charge in [0.2, 0.25) is 10.6 Å². The minimum absolute atomic E-state index is 0.319. The van der Waals surface area contributed by atoms with Crippen LogP contribution in [0.5, 0.6) is 0 Å². The summed E-state index contributed by atoms with van der Waals surface area (Å²) in [6, 6.07) is 3.61. The predicted molar refractivity (Wildman–Crippen MR) is 96.2 cm³/mol. The van der Waals surface area contributed by atoms with Gasteiger partial charge in [0.1, 0.15) is 17.2 Å². The van der Waals surface area contributed by atoms with Crippen molar-refractivity contribution in [3.8, 4) is 22.9 Å². The van der Waals surface area contributed by atoms with Gasteiger partial charge >= 0.3 is 0 Å². The van der Waals surface area contributed by atoms with Crippen LogP contribution in [0.3, 0.4) is 0 Å². The molecular formula is C15H12Cl2N8. The van der Waals surface area contributed by atoms with E-state index in [2.05, 4.69) is 24.9 Å². The number of nitrogen functional groups attached to an aromatic ring is 1. The van der Waals surface area contributed by atoms with Crippen LogP contribution in [0.15, 0.2) is 24.5 Å². The quantitative estimate of drug-likeness (QED) is 0.578. The number of aromatic nitrogens is 7. The maximum Gasteiger partial charge on any atom is 0.203 e. The van der Waals surface area contributed by atoms with Gasteiger partial charge in [0, 0.05) is 26.5 Å². The van der Waals surface area contributed by atoms with Gasteiger partial charge in [0.05, 0.1) is 11.1 Å². The second kappa shape index (κ2) is 5.68. The molecule has 0 aliphatic carbocycles. The molecule has 10 heteroatoms. The molecule has 0 radical (unpaired) electrons. The van der Waals surface area contributed by atoms with Crippen molar-refractivity contribution < 1.29 is 0 Å². The van der Waals surface area contributed by atoms with Crippen molar-refractivity contribution in [3.63, 3.8) is 0 Å². The monoisotopic (exact) mass is 374 g/mol. The van der Waals surface area contributed by atoms with E-state index < -0.39 is 0 Å². The number of rotatable bonds is 2. The molecule has 0 aliphatic heterocycles.